The first-order valence-electron chi connectivity index (χ1n) is 12.9. The second-order valence-electron chi connectivity index (χ2n) is 8.87. The maximum atomic E-state index is 12.5. The zero-order chi connectivity index (χ0) is 28.2. The molecular formula is C29H44ClFN6O. The van der Waals surface area contributed by atoms with Crippen LogP contribution in [-0.2, 0) is 4.74 Å². The highest BCUT2D eigenvalue weighted by atomic mass is 35.5. The molecule has 1 aromatic rings. The third-order valence-corrected chi connectivity index (χ3v) is 6.16. The number of likely N-dealkylation sites (N-methyl/N-ethyl adjacent to an activating group) is 1. The van der Waals surface area contributed by atoms with E-state index in [1.165, 1.54) is 12.4 Å². The largest absolute Gasteiger partial charge is 0.379 e. The summed E-state index contributed by atoms with van der Waals surface area (Å²) < 4.78 is 17.6. The van der Waals surface area contributed by atoms with Gasteiger partial charge in [-0.25, -0.2) is 14.4 Å². The summed E-state index contributed by atoms with van der Waals surface area (Å²) >= 11 is 6.26. The number of piperazine rings is 1. The van der Waals surface area contributed by atoms with Crippen LogP contribution in [0.15, 0.2) is 77.8 Å². The number of aliphatic imine (C=N–C) groups is 2. The van der Waals surface area contributed by atoms with E-state index in [1.807, 2.05) is 50.4 Å². The van der Waals surface area contributed by atoms with Crippen molar-refractivity contribution in [3.05, 3.63) is 72.8 Å². The van der Waals surface area contributed by atoms with Gasteiger partial charge in [-0.2, -0.15) is 0 Å². The average Bonchev–Trinajstić information content (AvgIpc) is 2.91. The fraction of sp³-hybridized carbons (Fsp3) is 0.483. The van der Waals surface area contributed by atoms with Gasteiger partial charge in [-0.3, -0.25) is 4.99 Å². The van der Waals surface area contributed by atoms with E-state index in [-0.39, 0.29) is 12.0 Å². The molecule has 9 heteroatoms. The number of halogens is 2. The second kappa shape index (κ2) is 20.2. The average molecular weight is 547 g/mol. The summed E-state index contributed by atoms with van der Waals surface area (Å²) in [5.74, 6) is 0.700. The van der Waals surface area contributed by atoms with Crippen LogP contribution in [0.4, 0.5) is 10.2 Å². The molecule has 2 aliphatic heterocycles. The zero-order valence-electron chi connectivity index (χ0n) is 23.5. The van der Waals surface area contributed by atoms with Gasteiger partial charge < -0.3 is 19.4 Å². The van der Waals surface area contributed by atoms with Crippen LogP contribution in [0.1, 0.15) is 20.8 Å². The number of aromatic nitrogens is 1. The molecule has 0 bridgehead atoms. The van der Waals surface area contributed by atoms with Crippen LogP contribution in [0, 0.1) is 5.92 Å². The minimum atomic E-state index is -0.127. The summed E-state index contributed by atoms with van der Waals surface area (Å²) in [5.41, 5.74) is 0.756. The summed E-state index contributed by atoms with van der Waals surface area (Å²) in [5, 5.41) is 0.670. The topological polar surface area (TPSA) is 56.6 Å². The molecule has 2 saturated heterocycles. The van der Waals surface area contributed by atoms with E-state index >= 15 is 0 Å². The molecule has 0 aliphatic carbocycles. The fourth-order valence-corrected chi connectivity index (χ4v) is 3.84. The van der Waals surface area contributed by atoms with Gasteiger partial charge in [0, 0.05) is 64.1 Å². The molecule has 2 unspecified atom stereocenters. The van der Waals surface area contributed by atoms with Gasteiger partial charge in [0.05, 0.1) is 30.3 Å². The first kappa shape index (κ1) is 33.2. The van der Waals surface area contributed by atoms with Gasteiger partial charge in [0.1, 0.15) is 12.2 Å². The van der Waals surface area contributed by atoms with Gasteiger partial charge in [0.25, 0.3) is 0 Å². The highest BCUT2D eigenvalue weighted by Gasteiger charge is 2.23. The molecule has 0 saturated carbocycles. The SMILES string of the molecule is C=C/C=C\C.CN1CCOCC1.CN=CN=C(/C=C/N1CCN(c2ncccc2Cl)CC1C)C(C)/C=C/F. The molecule has 38 heavy (non-hydrogen) atoms. The fourth-order valence-electron chi connectivity index (χ4n) is 3.60. The molecule has 3 heterocycles. The van der Waals surface area contributed by atoms with Gasteiger partial charge in [-0.05, 0) is 45.2 Å². The number of hydrogen-bond acceptors (Lipinski definition) is 6. The maximum absolute atomic E-state index is 12.5. The third kappa shape index (κ3) is 13.1. The number of anilines is 1. The van der Waals surface area contributed by atoms with E-state index in [2.05, 4.69) is 50.2 Å². The van der Waals surface area contributed by atoms with Crippen molar-refractivity contribution < 1.29 is 9.13 Å². The Morgan fingerprint density at radius 1 is 1.29 bits per heavy atom. The molecule has 0 aromatic carbocycles. The summed E-state index contributed by atoms with van der Waals surface area (Å²) in [4.78, 5) is 19.3. The molecular weight excluding hydrogens is 503 g/mol. The molecule has 2 fully saturated rings. The predicted octanol–water partition coefficient (Wildman–Crippen LogP) is 5.67. The van der Waals surface area contributed by atoms with Gasteiger partial charge >= 0.3 is 0 Å². The monoisotopic (exact) mass is 546 g/mol. The number of rotatable bonds is 7. The van der Waals surface area contributed by atoms with E-state index < -0.39 is 0 Å². The molecule has 2 aliphatic rings. The highest BCUT2D eigenvalue weighted by molar-refractivity contribution is 6.32. The summed E-state index contributed by atoms with van der Waals surface area (Å²) in [6, 6.07) is 3.98. The quantitative estimate of drug-likeness (QED) is 0.250. The lowest BCUT2D eigenvalue weighted by Crippen LogP contribution is -2.50. The molecule has 0 amide bonds. The molecule has 7 nitrogen and oxygen atoms in total. The maximum Gasteiger partial charge on any atom is 0.147 e. The van der Waals surface area contributed by atoms with Crippen molar-refractivity contribution >= 4 is 29.5 Å². The van der Waals surface area contributed by atoms with Crippen LogP contribution < -0.4 is 4.90 Å². The number of ether oxygens (including phenoxy) is 1. The Bertz CT molecular complexity index is 943. The third-order valence-electron chi connectivity index (χ3n) is 5.87. The molecule has 210 valence electrons. The van der Waals surface area contributed by atoms with Gasteiger partial charge in [-0.1, -0.05) is 43.3 Å². The summed E-state index contributed by atoms with van der Waals surface area (Å²) in [7, 11) is 3.77. The Labute approximate surface area is 233 Å². The van der Waals surface area contributed by atoms with Crippen molar-refractivity contribution in [2.45, 2.75) is 26.8 Å². The molecule has 0 N–H and O–H groups in total. The lowest BCUT2D eigenvalue weighted by atomic mass is 10.1. The molecule has 1 aromatic heterocycles. The van der Waals surface area contributed by atoms with Crippen molar-refractivity contribution in [3.8, 4) is 0 Å². The second-order valence-corrected chi connectivity index (χ2v) is 9.28. The van der Waals surface area contributed by atoms with E-state index in [1.54, 1.807) is 19.3 Å². The first-order chi connectivity index (χ1) is 18.4. The van der Waals surface area contributed by atoms with Crippen LogP contribution >= 0.6 is 11.6 Å². The Hall–Kier alpha value is -2.81. The van der Waals surface area contributed by atoms with Crippen molar-refractivity contribution in [1.82, 2.24) is 14.8 Å². The smallest absolute Gasteiger partial charge is 0.147 e. The lowest BCUT2D eigenvalue weighted by Gasteiger charge is -2.40. The van der Waals surface area contributed by atoms with Gasteiger partial charge in [0.15, 0.2) is 0 Å². The van der Waals surface area contributed by atoms with Crippen LogP contribution in [0.2, 0.25) is 5.02 Å². The minimum absolute atomic E-state index is 0.127. The van der Waals surface area contributed by atoms with Crippen molar-refractivity contribution in [2.75, 3.05) is 64.9 Å². The van der Waals surface area contributed by atoms with E-state index in [0.717, 1.165) is 57.5 Å². The predicted molar refractivity (Wildman–Crippen MR) is 161 cm³/mol. The summed E-state index contributed by atoms with van der Waals surface area (Å²) in [6.07, 6.45) is 14.8. The molecule has 0 spiro atoms. The highest BCUT2D eigenvalue weighted by Crippen LogP contribution is 2.25. The van der Waals surface area contributed by atoms with E-state index in [0.29, 0.717) is 11.4 Å². The van der Waals surface area contributed by atoms with Crippen molar-refractivity contribution in [2.24, 2.45) is 15.9 Å². The van der Waals surface area contributed by atoms with Crippen molar-refractivity contribution in [3.63, 3.8) is 0 Å². The van der Waals surface area contributed by atoms with Gasteiger partial charge in [0.2, 0.25) is 0 Å². The number of hydrogen-bond donors (Lipinski definition) is 0. The minimum Gasteiger partial charge on any atom is -0.379 e. The van der Waals surface area contributed by atoms with Gasteiger partial charge in [-0.15, -0.1) is 0 Å². The number of nitrogens with zero attached hydrogens (tertiary/aromatic N) is 6. The normalized spacial score (nSPS) is 20.0. The Morgan fingerprint density at radius 2 is 2.03 bits per heavy atom. The van der Waals surface area contributed by atoms with Crippen LogP contribution in [-0.4, -0.2) is 92.9 Å². The molecule has 2 atom stereocenters. The Kier molecular flexibility index (Phi) is 17.6. The van der Waals surface area contributed by atoms with Crippen LogP contribution in [0.3, 0.4) is 0 Å². The first-order valence-corrected chi connectivity index (χ1v) is 13.3. The van der Waals surface area contributed by atoms with E-state index in [4.69, 9.17) is 16.3 Å². The summed E-state index contributed by atoms with van der Waals surface area (Å²) in [6.45, 7) is 16.0. The molecule has 3 rings (SSSR count). The Morgan fingerprint density at radius 3 is 2.53 bits per heavy atom. The van der Waals surface area contributed by atoms with E-state index in [9.17, 15) is 4.39 Å². The zero-order valence-corrected chi connectivity index (χ0v) is 24.3. The van der Waals surface area contributed by atoms with Crippen LogP contribution in [0.5, 0.6) is 0 Å². The number of allylic oxidation sites excluding steroid dienone is 5. The van der Waals surface area contributed by atoms with Crippen molar-refractivity contribution in [1.29, 1.82) is 0 Å². The Balaban J connectivity index is 0.000000493. The number of morpholine rings is 1. The lowest BCUT2D eigenvalue weighted by molar-refractivity contribution is 0.0503. The van der Waals surface area contributed by atoms with Crippen LogP contribution in [0.25, 0.3) is 0 Å². The number of pyridine rings is 1. The molecule has 0 radical (unpaired) electrons. The standard InChI is InChI=1S/C19H25ClFN5.C5H11NO.C5H8/c1-15(6-8-21)18(24-14-22-3)7-10-25-11-12-26(13-16(25)2)19-17(20)5-4-9-23-19;1-6-2-4-7-5-3-6;1-3-5-4-2/h4-10,14-16H,11-13H2,1-3H3;2-5H2,1H3;3-5H,1H2,2H3/b8-6+,10-7+,22-14?,24-18?;;5-4-.